The molecule has 2 heteroatoms. The highest BCUT2D eigenvalue weighted by molar-refractivity contribution is 5.69. The van der Waals surface area contributed by atoms with Crippen LogP contribution in [0.4, 0.5) is 0 Å². The smallest absolute Gasteiger partial charge is 0.305 e. The van der Waals surface area contributed by atoms with Gasteiger partial charge in [0.2, 0.25) is 0 Å². The number of carbonyl (C=O) groups is 1. The molecule has 0 unspecified atom stereocenters. The summed E-state index contributed by atoms with van der Waals surface area (Å²) in [5.74, 6) is -0.0236. The Morgan fingerprint density at radius 1 is 0.864 bits per heavy atom. The van der Waals surface area contributed by atoms with E-state index in [9.17, 15) is 4.79 Å². The van der Waals surface area contributed by atoms with E-state index in [1.165, 1.54) is 44.1 Å². The van der Waals surface area contributed by atoms with Crippen molar-refractivity contribution in [2.24, 2.45) is 0 Å². The summed E-state index contributed by atoms with van der Waals surface area (Å²) in [6.07, 6.45) is 18.9. The normalized spacial score (nSPS) is 12.0. The Hall–Kier alpha value is -1.05. The van der Waals surface area contributed by atoms with Crippen molar-refractivity contribution in [2.45, 2.75) is 91.4 Å². The number of unbranched alkanes of at least 4 members (excludes halogenated alkanes) is 7. The van der Waals surface area contributed by atoms with Gasteiger partial charge in [-0.2, -0.15) is 0 Å². The number of ether oxygens (including phenoxy) is 1. The fourth-order valence-corrected chi connectivity index (χ4v) is 2.34. The molecule has 0 aliphatic heterocycles. The van der Waals surface area contributed by atoms with Gasteiger partial charge < -0.3 is 4.74 Å². The standard InChI is InChI=1S/C20H36O2/c1-4-6-7-8-9-10-11-12-13-14-17-20(21)22-18-15-16-19(3)5-2/h4-6H,7-18H2,1-3H3/b6-4-,19-5+. The summed E-state index contributed by atoms with van der Waals surface area (Å²) < 4.78 is 5.25. The summed E-state index contributed by atoms with van der Waals surface area (Å²) in [5, 5.41) is 0. The molecule has 0 aromatic carbocycles. The number of hydrogen-bond acceptors (Lipinski definition) is 2. The molecule has 0 aliphatic carbocycles. The van der Waals surface area contributed by atoms with E-state index in [-0.39, 0.29) is 5.97 Å². The Kier molecular flexibility index (Phi) is 15.5. The zero-order valence-corrected chi connectivity index (χ0v) is 15.0. The molecule has 2 nitrogen and oxygen atoms in total. The van der Waals surface area contributed by atoms with E-state index in [4.69, 9.17) is 4.74 Å². The topological polar surface area (TPSA) is 26.3 Å². The summed E-state index contributed by atoms with van der Waals surface area (Å²) >= 11 is 0. The third-order valence-electron chi connectivity index (χ3n) is 3.96. The molecule has 0 rings (SSSR count). The predicted octanol–water partition coefficient (Wildman–Crippen LogP) is 6.36. The van der Waals surface area contributed by atoms with Crippen molar-refractivity contribution in [2.75, 3.05) is 6.61 Å². The van der Waals surface area contributed by atoms with Gasteiger partial charge in [-0.1, -0.05) is 55.9 Å². The van der Waals surface area contributed by atoms with E-state index in [0.29, 0.717) is 13.0 Å². The molecule has 0 fully saturated rings. The van der Waals surface area contributed by atoms with Crippen molar-refractivity contribution in [3.05, 3.63) is 23.8 Å². The molecule has 0 aromatic heterocycles. The average Bonchev–Trinajstić information content (AvgIpc) is 2.53. The van der Waals surface area contributed by atoms with E-state index in [0.717, 1.165) is 25.7 Å². The first kappa shape index (κ1) is 20.9. The molecular weight excluding hydrogens is 272 g/mol. The van der Waals surface area contributed by atoms with Crippen LogP contribution in [0.3, 0.4) is 0 Å². The van der Waals surface area contributed by atoms with Crippen LogP contribution in [0.2, 0.25) is 0 Å². The molecular formula is C20H36O2. The molecule has 0 aromatic rings. The SMILES string of the molecule is C/C=C\CCCCCCCCCC(=O)OCCC/C(C)=C/C. The van der Waals surface area contributed by atoms with Crippen molar-refractivity contribution in [3.8, 4) is 0 Å². The van der Waals surface area contributed by atoms with Gasteiger partial charge in [-0.25, -0.2) is 0 Å². The Morgan fingerprint density at radius 2 is 1.50 bits per heavy atom. The highest BCUT2D eigenvalue weighted by Gasteiger charge is 2.02. The van der Waals surface area contributed by atoms with Gasteiger partial charge >= 0.3 is 5.97 Å². The second-order valence-electron chi connectivity index (χ2n) is 6.04. The molecule has 0 atom stereocenters. The molecule has 0 saturated heterocycles. The van der Waals surface area contributed by atoms with Crippen molar-refractivity contribution >= 4 is 5.97 Å². The maximum Gasteiger partial charge on any atom is 0.305 e. The largest absolute Gasteiger partial charge is 0.466 e. The van der Waals surface area contributed by atoms with Crippen LogP contribution in [-0.2, 0) is 9.53 Å². The van der Waals surface area contributed by atoms with Crippen LogP contribution in [0.1, 0.15) is 91.4 Å². The fourth-order valence-electron chi connectivity index (χ4n) is 2.34. The average molecular weight is 309 g/mol. The number of allylic oxidation sites excluding steroid dienone is 4. The Labute approximate surface area is 138 Å². The molecule has 22 heavy (non-hydrogen) atoms. The number of hydrogen-bond donors (Lipinski definition) is 0. The number of esters is 1. The molecule has 0 radical (unpaired) electrons. The summed E-state index contributed by atoms with van der Waals surface area (Å²) in [4.78, 5) is 11.5. The first-order chi connectivity index (χ1) is 10.7. The third kappa shape index (κ3) is 15.3. The lowest BCUT2D eigenvalue weighted by Gasteiger charge is -2.05. The maximum atomic E-state index is 11.5. The minimum absolute atomic E-state index is 0.0236. The number of carbonyl (C=O) groups excluding carboxylic acids is 1. The van der Waals surface area contributed by atoms with Crippen LogP contribution < -0.4 is 0 Å². The van der Waals surface area contributed by atoms with Crippen LogP contribution in [-0.4, -0.2) is 12.6 Å². The summed E-state index contributed by atoms with van der Waals surface area (Å²) in [6.45, 7) is 6.80. The van der Waals surface area contributed by atoms with Crippen LogP contribution >= 0.6 is 0 Å². The van der Waals surface area contributed by atoms with Crippen molar-refractivity contribution in [3.63, 3.8) is 0 Å². The van der Waals surface area contributed by atoms with Gasteiger partial charge in [0, 0.05) is 6.42 Å². The Morgan fingerprint density at radius 3 is 2.14 bits per heavy atom. The molecule has 0 spiro atoms. The van der Waals surface area contributed by atoms with Crippen molar-refractivity contribution < 1.29 is 9.53 Å². The van der Waals surface area contributed by atoms with Crippen LogP contribution in [0, 0.1) is 0 Å². The van der Waals surface area contributed by atoms with Crippen molar-refractivity contribution in [1.29, 1.82) is 0 Å². The van der Waals surface area contributed by atoms with Gasteiger partial charge in [0.25, 0.3) is 0 Å². The van der Waals surface area contributed by atoms with Gasteiger partial charge in [-0.15, -0.1) is 0 Å². The monoisotopic (exact) mass is 308 g/mol. The summed E-state index contributed by atoms with van der Waals surface area (Å²) in [5.41, 5.74) is 1.36. The third-order valence-corrected chi connectivity index (χ3v) is 3.96. The van der Waals surface area contributed by atoms with Gasteiger partial charge in [0.05, 0.1) is 6.61 Å². The Balaban J connectivity index is 3.25. The van der Waals surface area contributed by atoms with Gasteiger partial charge in [-0.3, -0.25) is 4.79 Å². The van der Waals surface area contributed by atoms with E-state index in [1.54, 1.807) is 0 Å². The summed E-state index contributed by atoms with van der Waals surface area (Å²) in [7, 11) is 0. The van der Waals surface area contributed by atoms with Gasteiger partial charge in [0.1, 0.15) is 0 Å². The quantitative estimate of drug-likeness (QED) is 0.212. The van der Waals surface area contributed by atoms with Gasteiger partial charge in [0.15, 0.2) is 0 Å². The summed E-state index contributed by atoms with van der Waals surface area (Å²) in [6, 6.07) is 0. The zero-order valence-electron chi connectivity index (χ0n) is 15.0. The fraction of sp³-hybridized carbons (Fsp3) is 0.750. The van der Waals surface area contributed by atoms with E-state index < -0.39 is 0 Å². The minimum Gasteiger partial charge on any atom is -0.466 e. The number of rotatable bonds is 14. The van der Waals surface area contributed by atoms with Crippen molar-refractivity contribution in [1.82, 2.24) is 0 Å². The van der Waals surface area contributed by atoms with E-state index in [1.807, 2.05) is 6.92 Å². The second-order valence-corrected chi connectivity index (χ2v) is 6.04. The lowest BCUT2D eigenvalue weighted by atomic mass is 10.1. The van der Waals surface area contributed by atoms with Crippen LogP contribution in [0.15, 0.2) is 23.8 Å². The molecule has 128 valence electrons. The molecule has 0 amide bonds. The second kappa shape index (κ2) is 16.3. The molecule has 0 aliphatic rings. The minimum atomic E-state index is -0.0236. The first-order valence-electron chi connectivity index (χ1n) is 9.09. The lowest BCUT2D eigenvalue weighted by molar-refractivity contribution is -0.143. The maximum absolute atomic E-state index is 11.5. The predicted molar refractivity (Wildman–Crippen MR) is 96.0 cm³/mol. The van der Waals surface area contributed by atoms with E-state index >= 15 is 0 Å². The van der Waals surface area contributed by atoms with Crippen LogP contribution in [0.25, 0.3) is 0 Å². The highest BCUT2D eigenvalue weighted by Crippen LogP contribution is 2.10. The van der Waals surface area contributed by atoms with E-state index in [2.05, 4.69) is 32.1 Å². The lowest BCUT2D eigenvalue weighted by Crippen LogP contribution is -2.05. The molecule has 0 N–H and O–H groups in total. The van der Waals surface area contributed by atoms with Gasteiger partial charge in [-0.05, 0) is 52.9 Å². The molecule has 0 bridgehead atoms. The Bertz CT molecular complexity index is 316. The first-order valence-corrected chi connectivity index (χ1v) is 9.09. The highest BCUT2D eigenvalue weighted by atomic mass is 16.5. The molecule has 0 heterocycles. The molecule has 0 saturated carbocycles. The zero-order chi connectivity index (χ0) is 16.5. The van der Waals surface area contributed by atoms with Crippen LogP contribution in [0.5, 0.6) is 0 Å².